The van der Waals surface area contributed by atoms with E-state index in [1.807, 2.05) is 0 Å². The van der Waals surface area contributed by atoms with Gasteiger partial charge >= 0.3 is 5.97 Å². The Labute approximate surface area is 118 Å². The van der Waals surface area contributed by atoms with E-state index in [-0.39, 0.29) is 11.5 Å². The SMILES string of the molecule is N[C@@H](CS)C(=O)N(CC(=O)O)C(=O)[C@@H](N)CSN=O. The van der Waals surface area contributed by atoms with Gasteiger partial charge in [-0.25, -0.2) is 0 Å². The molecule has 0 heterocycles. The third kappa shape index (κ3) is 6.00. The molecule has 0 bridgehead atoms. The molecule has 0 radical (unpaired) electrons. The molecule has 0 fully saturated rings. The molecular formula is C8H14N4O5S2. The number of thiol groups is 1. The van der Waals surface area contributed by atoms with Crippen molar-refractivity contribution < 1.29 is 19.5 Å². The lowest BCUT2D eigenvalue weighted by Crippen LogP contribution is -2.54. The Bertz CT molecular complexity index is 367. The van der Waals surface area contributed by atoms with Crippen molar-refractivity contribution in [3.8, 4) is 0 Å². The van der Waals surface area contributed by atoms with Gasteiger partial charge in [-0.15, -0.1) is 4.91 Å². The maximum Gasteiger partial charge on any atom is 0.323 e. The Morgan fingerprint density at radius 3 is 2.21 bits per heavy atom. The van der Waals surface area contributed by atoms with Gasteiger partial charge < -0.3 is 16.6 Å². The van der Waals surface area contributed by atoms with Crippen LogP contribution in [0.2, 0.25) is 0 Å². The fraction of sp³-hybridized carbons (Fsp3) is 0.625. The molecular weight excluding hydrogens is 296 g/mol. The summed E-state index contributed by atoms with van der Waals surface area (Å²) in [6.07, 6.45) is 0. The van der Waals surface area contributed by atoms with Gasteiger partial charge in [0.05, 0.1) is 12.1 Å². The lowest BCUT2D eigenvalue weighted by atomic mass is 10.2. The predicted molar refractivity (Wildman–Crippen MR) is 72.4 cm³/mol. The normalized spacial score (nSPS) is 13.4. The van der Waals surface area contributed by atoms with Gasteiger partial charge in [-0.05, 0) is 0 Å². The number of carbonyl (C=O) groups excluding carboxylic acids is 2. The van der Waals surface area contributed by atoms with Crippen LogP contribution in [0, 0.1) is 4.91 Å². The fourth-order valence-corrected chi connectivity index (χ4v) is 1.58. The summed E-state index contributed by atoms with van der Waals surface area (Å²) in [5.41, 5.74) is 10.8. The third-order valence-electron chi connectivity index (χ3n) is 1.96. The standard InChI is InChI=1S/C8H14N4O5S2/c9-4(2-18)7(15)12(1-6(13)14)8(16)5(10)3-19-11-17/h4-5,18H,1-3,9-10H2,(H,13,14)/t4-,5-/m0/s1. The van der Waals surface area contributed by atoms with E-state index in [0.29, 0.717) is 16.8 Å². The molecule has 0 aliphatic rings. The van der Waals surface area contributed by atoms with Crippen LogP contribution in [0.3, 0.4) is 0 Å². The van der Waals surface area contributed by atoms with Crippen LogP contribution in [0.5, 0.6) is 0 Å². The van der Waals surface area contributed by atoms with Gasteiger partial charge in [0.25, 0.3) is 0 Å². The first-order chi connectivity index (χ1) is 8.84. The highest BCUT2D eigenvalue weighted by Crippen LogP contribution is 2.06. The molecule has 0 aromatic carbocycles. The molecule has 0 aromatic rings. The van der Waals surface area contributed by atoms with Crippen LogP contribution in [-0.4, -0.2) is 57.9 Å². The predicted octanol–water partition coefficient (Wildman–Crippen LogP) is -1.57. The maximum absolute atomic E-state index is 11.8. The number of nitroso groups, excluding NO2 is 1. The highest BCUT2D eigenvalue weighted by Gasteiger charge is 2.31. The van der Waals surface area contributed by atoms with Gasteiger partial charge in [0, 0.05) is 28.0 Å². The maximum atomic E-state index is 11.8. The minimum Gasteiger partial charge on any atom is -0.480 e. The molecule has 0 unspecified atom stereocenters. The monoisotopic (exact) mass is 310 g/mol. The van der Waals surface area contributed by atoms with Crippen LogP contribution < -0.4 is 11.5 Å². The minimum atomic E-state index is -1.39. The van der Waals surface area contributed by atoms with Crippen LogP contribution in [0.1, 0.15) is 0 Å². The number of hydrogen-bond acceptors (Lipinski definition) is 9. The quantitative estimate of drug-likeness (QED) is 0.238. The first-order valence-corrected chi connectivity index (χ1v) is 6.56. The van der Waals surface area contributed by atoms with E-state index < -0.39 is 36.4 Å². The number of amides is 2. The molecule has 0 aromatic heterocycles. The summed E-state index contributed by atoms with van der Waals surface area (Å²) < 4.78 is 2.45. The van der Waals surface area contributed by atoms with Gasteiger partial charge in [0.15, 0.2) is 0 Å². The largest absolute Gasteiger partial charge is 0.480 e. The number of carboxylic acids is 1. The molecule has 9 nitrogen and oxygen atoms in total. The summed E-state index contributed by atoms with van der Waals surface area (Å²) in [7, 11) is 0. The van der Waals surface area contributed by atoms with Gasteiger partial charge in [0.2, 0.25) is 11.8 Å². The van der Waals surface area contributed by atoms with Crippen molar-refractivity contribution in [2.75, 3.05) is 18.1 Å². The lowest BCUT2D eigenvalue weighted by molar-refractivity contribution is -0.153. The van der Waals surface area contributed by atoms with E-state index in [0.717, 1.165) is 0 Å². The molecule has 2 amide bonds. The Balaban J connectivity index is 4.92. The Kier molecular flexibility index (Phi) is 8.30. The third-order valence-corrected chi connectivity index (χ3v) is 2.97. The summed E-state index contributed by atoms with van der Waals surface area (Å²) >= 11 is 4.29. The van der Waals surface area contributed by atoms with Gasteiger partial charge in [-0.3, -0.25) is 19.3 Å². The number of carbonyl (C=O) groups is 3. The molecule has 108 valence electrons. The summed E-state index contributed by atoms with van der Waals surface area (Å²) in [5.74, 6) is -3.42. The number of imide groups is 1. The molecule has 5 N–H and O–H groups in total. The van der Waals surface area contributed by atoms with Crippen LogP contribution in [-0.2, 0) is 14.4 Å². The minimum absolute atomic E-state index is 0.0535. The molecule has 0 saturated heterocycles. The number of hydrogen-bond donors (Lipinski definition) is 4. The van der Waals surface area contributed by atoms with Crippen molar-refractivity contribution in [2.24, 2.45) is 16.0 Å². The molecule has 19 heavy (non-hydrogen) atoms. The zero-order valence-electron chi connectivity index (χ0n) is 9.76. The lowest BCUT2D eigenvalue weighted by Gasteiger charge is -2.24. The topological polar surface area (TPSA) is 156 Å². The van der Waals surface area contributed by atoms with Gasteiger partial charge in [-0.1, -0.05) is 0 Å². The molecule has 0 aliphatic carbocycles. The second kappa shape index (κ2) is 8.85. The van der Waals surface area contributed by atoms with Gasteiger partial charge in [-0.2, -0.15) is 12.6 Å². The highest BCUT2D eigenvalue weighted by atomic mass is 32.2. The van der Waals surface area contributed by atoms with Crippen molar-refractivity contribution in [3.63, 3.8) is 0 Å². The van der Waals surface area contributed by atoms with Crippen LogP contribution in [0.25, 0.3) is 0 Å². The second-order valence-corrected chi connectivity index (χ2v) is 4.53. The number of nitrogens with zero attached hydrogens (tertiary/aromatic N) is 2. The van der Waals surface area contributed by atoms with Crippen molar-refractivity contribution in [1.82, 2.24) is 4.90 Å². The summed E-state index contributed by atoms with van der Waals surface area (Å²) in [4.78, 5) is 44.6. The number of rotatable bonds is 8. The van der Waals surface area contributed by atoms with Gasteiger partial charge in [0.1, 0.15) is 6.54 Å². The smallest absolute Gasteiger partial charge is 0.323 e. The molecule has 0 spiro atoms. The second-order valence-electron chi connectivity index (χ2n) is 3.42. The van der Waals surface area contributed by atoms with Crippen molar-refractivity contribution in [1.29, 1.82) is 0 Å². The van der Waals surface area contributed by atoms with Crippen molar-refractivity contribution >= 4 is 42.4 Å². The Hall–Kier alpha value is -1.17. The molecule has 2 atom stereocenters. The Morgan fingerprint density at radius 2 is 1.79 bits per heavy atom. The summed E-state index contributed by atoms with van der Waals surface area (Å²) in [6, 6.07) is -2.34. The van der Waals surface area contributed by atoms with Crippen LogP contribution in [0.4, 0.5) is 0 Å². The molecule has 0 rings (SSSR count). The van der Waals surface area contributed by atoms with E-state index in [2.05, 4.69) is 17.2 Å². The average Bonchev–Trinajstić information content (AvgIpc) is 2.39. The molecule has 11 heteroatoms. The number of nitrogens with two attached hydrogens (primary N) is 2. The van der Waals surface area contributed by atoms with E-state index in [1.165, 1.54) is 0 Å². The fourth-order valence-electron chi connectivity index (χ4n) is 1.06. The van der Waals surface area contributed by atoms with Crippen molar-refractivity contribution in [2.45, 2.75) is 12.1 Å². The van der Waals surface area contributed by atoms with E-state index in [1.54, 1.807) is 0 Å². The van der Waals surface area contributed by atoms with E-state index in [9.17, 15) is 19.3 Å². The molecule has 0 aliphatic heterocycles. The highest BCUT2D eigenvalue weighted by molar-refractivity contribution is 7.97. The van der Waals surface area contributed by atoms with Crippen molar-refractivity contribution in [3.05, 3.63) is 4.91 Å². The zero-order valence-corrected chi connectivity index (χ0v) is 11.5. The average molecular weight is 310 g/mol. The van der Waals surface area contributed by atoms with E-state index >= 15 is 0 Å². The molecule has 0 saturated carbocycles. The first-order valence-electron chi connectivity index (χ1n) is 4.98. The zero-order chi connectivity index (χ0) is 15.0. The van der Waals surface area contributed by atoms with Crippen LogP contribution in [0.15, 0.2) is 4.58 Å². The summed E-state index contributed by atoms with van der Waals surface area (Å²) in [5, 5.41) is 8.67. The summed E-state index contributed by atoms with van der Waals surface area (Å²) in [6.45, 7) is -0.855. The first kappa shape index (κ1) is 17.8. The Morgan fingerprint density at radius 1 is 1.26 bits per heavy atom. The number of carboxylic acid groups (broad SMARTS) is 1. The van der Waals surface area contributed by atoms with Crippen LogP contribution >= 0.6 is 24.6 Å². The number of aliphatic carboxylic acids is 1. The van der Waals surface area contributed by atoms with E-state index in [4.69, 9.17) is 16.6 Å².